The van der Waals surface area contributed by atoms with Crippen LogP contribution in [0.2, 0.25) is 0 Å². The molecule has 90 valence electrons. The van der Waals surface area contributed by atoms with Crippen molar-refractivity contribution in [2.45, 2.75) is 0 Å². The minimum absolute atomic E-state index is 0.0210. The molecular formula is C12H10N4O2. The molecule has 0 saturated heterocycles. The molecule has 0 fully saturated rings. The van der Waals surface area contributed by atoms with Gasteiger partial charge < -0.3 is 15.6 Å². The number of methoxy groups -OCH3 is 1. The van der Waals surface area contributed by atoms with E-state index in [1.807, 2.05) is 0 Å². The van der Waals surface area contributed by atoms with Gasteiger partial charge in [0, 0.05) is 11.8 Å². The van der Waals surface area contributed by atoms with Gasteiger partial charge in [-0.3, -0.25) is 0 Å². The Bertz CT molecular complexity index is 591. The Morgan fingerprint density at radius 2 is 2.17 bits per heavy atom. The average molecular weight is 242 g/mol. The van der Waals surface area contributed by atoms with Crippen LogP contribution in [0.5, 0.6) is 11.5 Å². The van der Waals surface area contributed by atoms with E-state index in [4.69, 9.17) is 21.0 Å². The third-order valence-corrected chi connectivity index (χ3v) is 2.05. The van der Waals surface area contributed by atoms with Crippen LogP contribution in [0.4, 0.5) is 0 Å². The lowest BCUT2D eigenvalue weighted by molar-refractivity contribution is 0.412. The molecule has 1 rings (SSSR count). The summed E-state index contributed by atoms with van der Waals surface area (Å²) < 4.78 is 4.98. The second-order valence-corrected chi connectivity index (χ2v) is 3.17. The molecule has 1 aromatic carbocycles. The summed E-state index contributed by atoms with van der Waals surface area (Å²) in [5.41, 5.74) is 5.15. The fourth-order valence-corrected chi connectivity index (χ4v) is 1.11. The number of ether oxygens (including phenoxy) is 1. The van der Waals surface area contributed by atoms with Crippen LogP contribution >= 0.6 is 0 Å². The third kappa shape index (κ3) is 3.00. The molecule has 0 bridgehead atoms. The van der Waals surface area contributed by atoms with Crippen molar-refractivity contribution in [1.82, 2.24) is 0 Å². The highest BCUT2D eigenvalue weighted by atomic mass is 16.5. The Hall–Kier alpha value is -2.99. The predicted octanol–water partition coefficient (Wildman–Crippen LogP) is 1.04. The lowest BCUT2D eigenvalue weighted by atomic mass is 10.2. The zero-order valence-corrected chi connectivity index (χ0v) is 9.58. The van der Waals surface area contributed by atoms with Crippen LogP contribution in [0.3, 0.4) is 0 Å². The second kappa shape index (κ2) is 5.92. The standard InChI is InChI=1S/C12H10N4O2/c1-18-9-2-3-12(17)8(4-9)7-16-11(6-14)10(15)5-13/h2-4,7,17H,15H2,1H3/b11-10-,16-7?. The van der Waals surface area contributed by atoms with Gasteiger partial charge in [0.1, 0.15) is 29.3 Å². The molecule has 6 heteroatoms. The monoisotopic (exact) mass is 242 g/mol. The molecule has 0 aliphatic heterocycles. The zero-order chi connectivity index (χ0) is 13.5. The number of hydrogen-bond acceptors (Lipinski definition) is 6. The fourth-order valence-electron chi connectivity index (χ4n) is 1.11. The zero-order valence-electron chi connectivity index (χ0n) is 9.58. The van der Waals surface area contributed by atoms with Gasteiger partial charge in [0.25, 0.3) is 0 Å². The normalized spacial score (nSPS) is 11.5. The molecule has 0 spiro atoms. The highest BCUT2D eigenvalue weighted by Crippen LogP contribution is 2.21. The number of nitrogens with two attached hydrogens (primary N) is 1. The Balaban J connectivity index is 3.13. The number of aromatic hydroxyl groups is 1. The average Bonchev–Trinajstić information content (AvgIpc) is 2.40. The minimum Gasteiger partial charge on any atom is -0.507 e. The summed E-state index contributed by atoms with van der Waals surface area (Å²) in [6.07, 6.45) is 1.24. The molecule has 0 aliphatic carbocycles. The van der Waals surface area contributed by atoms with E-state index >= 15 is 0 Å². The van der Waals surface area contributed by atoms with Crippen molar-refractivity contribution >= 4 is 6.21 Å². The maximum Gasteiger partial charge on any atom is 0.174 e. The van der Waals surface area contributed by atoms with Crippen LogP contribution in [0.15, 0.2) is 34.6 Å². The maximum absolute atomic E-state index is 9.57. The van der Waals surface area contributed by atoms with Gasteiger partial charge in [-0.15, -0.1) is 0 Å². The summed E-state index contributed by atoms with van der Waals surface area (Å²) in [6, 6.07) is 7.87. The molecule has 0 heterocycles. The number of nitriles is 2. The number of aliphatic imine (C=N–C) groups is 1. The molecule has 0 amide bonds. The number of rotatable bonds is 3. The molecular weight excluding hydrogens is 232 g/mol. The van der Waals surface area contributed by atoms with Crippen molar-refractivity contribution in [1.29, 1.82) is 10.5 Å². The van der Waals surface area contributed by atoms with Gasteiger partial charge in [-0.25, -0.2) is 4.99 Å². The van der Waals surface area contributed by atoms with Crippen LogP contribution in [-0.2, 0) is 0 Å². The van der Waals surface area contributed by atoms with E-state index in [9.17, 15) is 5.11 Å². The van der Waals surface area contributed by atoms with Gasteiger partial charge in [-0.2, -0.15) is 10.5 Å². The molecule has 0 aliphatic rings. The Kier molecular flexibility index (Phi) is 4.30. The van der Waals surface area contributed by atoms with Crippen molar-refractivity contribution in [3.8, 4) is 23.6 Å². The first-order valence-corrected chi connectivity index (χ1v) is 4.83. The van der Waals surface area contributed by atoms with E-state index in [2.05, 4.69) is 4.99 Å². The highest BCUT2D eigenvalue weighted by Gasteiger charge is 2.03. The topological polar surface area (TPSA) is 115 Å². The van der Waals surface area contributed by atoms with Gasteiger partial charge in [0.15, 0.2) is 5.70 Å². The SMILES string of the molecule is COc1ccc(O)c(C=N/C(C#N)=C(\N)C#N)c1. The Morgan fingerprint density at radius 3 is 2.72 bits per heavy atom. The molecule has 3 N–H and O–H groups in total. The number of nitrogens with zero attached hydrogens (tertiary/aromatic N) is 3. The molecule has 6 nitrogen and oxygen atoms in total. The number of phenols is 1. The molecule has 0 unspecified atom stereocenters. The van der Waals surface area contributed by atoms with E-state index in [0.29, 0.717) is 11.3 Å². The maximum atomic E-state index is 9.57. The largest absolute Gasteiger partial charge is 0.507 e. The lowest BCUT2D eigenvalue weighted by Crippen LogP contribution is -1.97. The van der Waals surface area contributed by atoms with Crippen LogP contribution in [0.1, 0.15) is 5.56 Å². The first-order chi connectivity index (χ1) is 8.62. The van der Waals surface area contributed by atoms with Gasteiger partial charge in [-0.05, 0) is 18.2 Å². The molecule has 0 saturated carbocycles. The summed E-state index contributed by atoms with van der Waals surface area (Å²) in [5.74, 6) is 0.511. The fraction of sp³-hybridized carbons (Fsp3) is 0.0833. The van der Waals surface area contributed by atoms with Crippen molar-refractivity contribution in [2.24, 2.45) is 10.7 Å². The first-order valence-electron chi connectivity index (χ1n) is 4.83. The van der Waals surface area contributed by atoms with E-state index in [1.165, 1.54) is 25.5 Å². The van der Waals surface area contributed by atoms with Crippen LogP contribution in [-0.4, -0.2) is 18.4 Å². The molecule has 0 radical (unpaired) electrons. The minimum atomic E-state index is -0.281. The quantitative estimate of drug-likeness (QED) is 0.606. The number of hydrogen-bond donors (Lipinski definition) is 2. The smallest absolute Gasteiger partial charge is 0.174 e. The summed E-state index contributed by atoms with van der Waals surface area (Å²) in [7, 11) is 1.49. The Labute approximate surface area is 104 Å². The predicted molar refractivity (Wildman–Crippen MR) is 64.7 cm³/mol. The van der Waals surface area contributed by atoms with Gasteiger partial charge in [0.05, 0.1) is 7.11 Å². The number of allylic oxidation sites excluding steroid dienone is 2. The van der Waals surface area contributed by atoms with Crippen molar-refractivity contribution in [3.05, 3.63) is 35.2 Å². The van der Waals surface area contributed by atoms with E-state index in [1.54, 1.807) is 18.2 Å². The lowest BCUT2D eigenvalue weighted by Gasteiger charge is -2.02. The first kappa shape index (κ1) is 13.1. The third-order valence-electron chi connectivity index (χ3n) is 2.05. The molecule has 18 heavy (non-hydrogen) atoms. The van der Waals surface area contributed by atoms with Gasteiger partial charge in [-0.1, -0.05) is 0 Å². The summed E-state index contributed by atoms with van der Waals surface area (Å²) in [6.45, 7) is 0. The molecule has 0 aromatic heterocycles. The van der Waals surface area contributed by atoms with Crippen LogP contribution in [0, 0.1) is 22.7 Å². The van der Waals surface area contributed by atoms with Gasteiger partial charge in [0.2, 0.25) is 0 Å². The van der Waals surface area contributed by atoms with Crippen molar-refractivity contribution in [3.63, 3.8) is 0 Å². The number of benzene rings is 1. The van der Waals surface area contributed by atoms with Gasteiger partial charge >= 0.3 is 0 Å². The van der Waals surface area contributed by atoms with E-state index in [0.717, 1.165) is 0 Å². The van der Waals surface area contributed by atoms with Crippen LogP contribution < -0.4 is 10.5 Å². The van der Waals surface area contributed by atoms with Crippen molar-refractivity contribution < 1.29 is 9.84 Å². The van der Waals surface area contributed by atoms with Crippen molar-refractivity contribution in [2.75, 3.05) is 7.11 Å². The van der Waals surface area contributed by atoms with E-state index < -0.39 is 0 Å². The van der Waals surface area contributed by atoms with Crippen LogP contribution in [0.25, 0.3) is 0 Å². The molecule has 1 aromatic rings. The summed E-state index contributed by atoms with van der Waals surface area (Å²) in [4.78, 5) is 3.75. The van der Waals surface area contributed by atoms with E-state index in [-0.39, 0.29) is 17.1 Å². The summed E-state index contributed by atoms with van der Waals surface area (Å²) >= 11 is 0. The molecule has 0 atom stereocenters. The highest BCUT2D eigenvalue weighted by molar-refractivity contribution is 5.85. The summed E-state index contributed by atoms with van der Waals surface area (Å²) in [5, 5.41) is 26.8. The Morgan fingerprint density at radius 1 is 1.44 bits per heavy atom. The number of phenolic OH excluding ortho intramolecular Hbond substituents is 1. The second-order valence-electron chi connectivity index (χ2n) is 3.17.